The molecule has 0 N–H and O–H groups in total. The lowest BCUT2D eigenvalue weighted by Crippen LogP contribution is -1.90. The van der Waals surface area contributed by atoms with Crippen molar-refractivity contribution in [2.24, 2.45) is 0 Å². The Morgan fingerprint density at radius 2 is 1.76 bits per heavy atom. The van der Waals surface area contributed by atoms with Gasteiger partial charge in [0.1, 0.15) is 6.07 Å². The van der Waals surface area contributed by atoms with Gasteiger partial charge in [-0.05, 0) is 24.3 Å². The van der Waals surface area contributed by atoms with Crippen LogP contribution in [0.1, 0.15) is 5.56 Å². The Morgan fingerprint density at radius 1 is 1.12 bits per heavy atom. The number of pyridine rings is 1. The molecular formula is C12H5Cl3N2. The van der Waals surface area contributed by atoms with E-state index in [1.807, 2.05) is 0 Å². The number of hydrogen-bond acceptors (Lipinski definition) is 2. The van der Waals surface area contributed by atoms with Gasteiger partial charge in [-0.2, -0.15) is 5.26 Å². The summed E-state index contributed by atoms with van der Waals surface area (Å²) in [7, 11) is 0. The lowest BCUT2D eigenvalue weighted by molar-refractivity contribution is 1.30. The first-order valence-corrected chi connectivity index (χ1v) is 5.77. The molecular weight excluding hydrogens is 279 g/mol. The van der Waals surface area contributed by atoms with E-state index in [4.69, 9.17) is 40.1 Å². The van der Waals surface area contributed by atoms with Gasteiger partial charge in [-0.15, -0.1) is 0 Å². The van der Waals surface area contributed by atoms with Crippen molar-refractivity contribution >= 4 is 34.8 Å². The van der Waals surface area contributed by atoms with Crippen molar-refractivity contribution in [3.05, 3.63) is 51.1 Å². The molecule has 0 aliphatic rings. The summed E-state index contributed by atoms with van der Waals surface area (Å²) < 4.78 is 0. The van der Waals surface area contributed by atoms with Gasteiger partial charge in [0.2, 0.25) is 0 Å². The fourth-order valence-corrected chi connectivity index (χ4v) is 2.46. The SMILES string of the molecule is N#Cc1cccnc1-c1c(Cl)cc(Cl)cc1Cl. The van der Waals surface area contributed by atoms with Crippen molar-refractivity contribution < 1.29 is 0 Å². The van der Waals surface area contributed by atoms with Gasteiger partial charge in [-0.3, -0.25) is 4.98 Å². The number of hydrogen-bond donors (Lipinski definition) is 0. The maximum atomic E-state index is 9.01. The third-order valence-electron chi connectivity index (χ3n) is 2.17. The fourth-order valence-electron chi connectivity index (χ4n) is 1.46. The highest BCUT2D eigenvalue weighted by molar-refractivity contribution is 6.41. The van der Waals surface area contributed by atoms with Gasteiger partial charge in [0, 0.05) is 16.8 Å². The molecule has 0 saturated heterocycles. The summed E-state index contributed by atoms with van der Waals surface area (Å²) in [5.41, 5.74) is 1.40. The van der Waals surface area contributed by atoms with Crippen molar-refractivity contribution in [1.29, 1.82) is 5.26 Å². The Hall–Kier alpha value is -1.27. The fraction of sp³-hybridized carbons (Fsp3) is 0. The van der Waals surface area contributed by atoms with E-state index in [0.717, 1.165) is 0 Å². The van der Waals surface area contributed by atoms with Crippen LogP contribution in [0.25, 0.3) is 11.3 Å². The number of nitrogens with zero attached hydrogens (tertiary/aromatic N) is 2. The quantitative estimate of drug-likeness (QED) is 0.768. The largest absolute Gasteiger partial charge is 0.255 e. The van der Waals surface area contributed by atoms with Crippen LogP contribution in [0, 0.1) is 11.3 Å². The average molecular weight is 284 g/mol. The molecule has 1 heterocycles. The van der Waals surface area contributed by atoms with Gasteiger partial charge in [0.25, 0.3) is 0 Å². The average Bonchev–Trinajstić information content (AvgIpc) is 2.28. The summed E-state index contributed by atoms with van der Waals surface area (Å²) in [6.45, 7) is 0. The molecule has 0 fully saturated rings. The summed E-state index contributed by atoms with van der Waals surface area (Å²) in [4.78, 5) is 4.14. The predicted molar refractivity (Wildman–Crippen MR) is 69.4 cm³/mol. The van der Waals surface area contributed by atoms with Crippen molar-refractivity contribution in [2.45, 2.75) is 0 Å². The number of nitriles is 1. The normalized spacial score (nSPS) is 10.0. The van der Waals surface area contributed by atoms with Crippen LogP contribution < -0.4 is 0 Å². The molecule has 1 aromatic heterocycles. The first-order valence-electron chi connectivity index (χ1n) is 4.63. The minimum Gasteiger partial charge on any atom is -0.255 e. The zero-order valence-electron chi connectivity index (χ0n) is 8.42. The number of halogens is 3. The van der Waals surface area contributed by atoms with E-state index < -0.39 is 0 Å². The van der Waals surface area contributed by atoms with Crippen molar-refractivity contribution in [2.75, 3.05) is 0 Å². The molecule has 0 aliphatic heterocycles. The van der Waals surface area contributed by atoms with E-state index in [0.29, 0.717) is 31.9 Å². The standard InChI is InChI=1S/C12H5Cl3N2/c13-8-4-9(14)11(10(15)5-8)12-7(6-16)2-1-3-17-12/h1-5H. The van der Waals surface area contributed by atoms with Crippen LogP contribution in [0.2, 0.25) is 15.1 Å². The monoisotopic (exact) mass is 282 g/mol. The molecule has 84 valence electrons. The van der Waals surface area contributed by atoms with Crippen molar-refractivity contribution in [3.8, 4) is 17.3 Å². The van der Waals surface area contributed by atoms with Crippen LogP contribution in [-0.2, 0) is 0 Å². The molecule has 0 amide bonds. The molecule has 0 aliphatic carbocycles. The predicted octanol–water partition coefficient (Wildman–Crippen LogP) is 4.58. The minimum atomic E-state index is 0.373. The van der Waals surface area contributed by atoms with Crippen LogP contribution in [-0.4, -0.2) is 4.98 Å². The van der Waals surface area contributed by atoms with Crippen LogP contribution in [0.15, 0.2) is 30.5 Å². The van der Waals surface area contributed by atoms with E-state index in [9.17, 15) is 0 Å². The Balaban J connectivity index is 2.74. The molecule has 0 atom stereocenters. The molecule has 0 unspecified atom stereocenters. The van der Waals surface area contributed by atoms with Crippen LogP contribution in [0.5, 0.6) is 0 Å². The third-order valence-corrected chi connectivity index (χ3v) is 2.99. The van der Waals surface area contributed by atoms with Crippen molar-refractivity contribution in [3.63, 3.8) is 0 Å². The summed E-state index contributed by atoms with van der Waals surface area (Å²) in [5.74, 6) is 0. The second kappa shape index (κ2) is 4.93. The highest BCUT2D eigenvalue weighted by Gasteiger charge is 2.14. The van der Waals surface area contributed by atoms with Crippen LogP contribution in [0.4, 0.5) is 0 Å². The third kappa shape index (κ3) is 2.37. The highest BCUT2D eigenvalue weighted by Crippen LogP contribution is 2.37. The van der Waals surface area contributed by atoms with Crippen LogP contribution >= 0.6 is 34.8 Å². The molecule has 0 saturated carbocycles. The Labute approximate surface area is 113 Å². The van der Waals surface area contributed by atoms with E-state index >= 15 is 0 Å². The number of benzene rings is 1. The van der Waals surface area contributed by atoms with E-state index in [1.165, 1.54) is 0 Å². The summed E-state index contributed by atoms with van der Waals surface area (Å²) in [5, 5.41) is 10.2. The highest BCUT2D eigenvalue weighted by atomic mass is 35.5. The first-order chi connectivity index (χ1) is 8.13. The lowest BCUT2D eigenvalue weighted by atomic mass is 10.1. The molecule has 2 nitrogen and oxygen atoms in total. The number of aromatic nitrogens is 1. The van der Waals surface area contributed by atoms with Gasteiger partial charge < -0.3 is 0 Å². The Morgan fingerprint density at radius 3 is 2.35 bits per heavy atom. The molecule has 2 aromatic rings. The second-order valence-electron chi connectivity index (χ2n) is 3.26. The zero-order valence-corrected chi connectivity index (χ0v) is 10.7. The Kier molecular flexibility index (Phi) is 3.54. The molecule has 5 heteroatoms. The maximum absolute atomic E-state index is 9.01. The topological polar surface area (TPSA) is 36.7 Å². The van der Waals surface area contributed by atoms with Crippen molar-refractivity contribution in [1.82, 2.24) is 4.98 Å². The summed E-state index contributed by atoms with van der Waals surface area (Å²) >= 11 is 18.0. The van der Waals surface area contributed by atoms with Gasteiger partial charge in [-0.25, -0.2) is 0 Å². The van der Waals surface area contributed by atoms with Gasteiger partial charge >= 0.3 is 0 Å². The van der Waals surface area contributed by atoms with Gasteiger partial charge in [0.15, 0.2) is 0 Å². The van der Waals surface area contributed by atoms with Gasteiger partial charge in [0.05, 0.1) is 21.3 Å². The summed E-state index contributed by atoms with van der Waals surface area (Å²) in [6.07, 6.45) is 1.58. The molecule has 17 heavy (non-hydrogen) atoms. The Bertz CT molecular complexity index is 594. The zero-order chi connectivity index (χ0) is 12.4. The van der Waals surface area contributed by atoms with E-state index in [-0.39, 0.29) is 0 Å². The first kappa shape index (κ1) is 12.2. The van der Waals surface area contributed by atoms with E-state index in [1.54, 1.807) is 30.5 Å². The van der Waals surface area contributed by atoms with E-state index in [2.05, 4.69) is 11.1 Å². The number of rotatable bonds is 1. The molecule has 2 rings (SSSR count). The minimum absolute atomic E-state index is 0.373. The smallest absolute Gasteiger partial charge is 0.101 e. The molecule has 0 bridgehead atoms. The second-order valence-corrected chi connectivity index (χ2v) is 4.51. The van der Waals surface area contributed by atoms with Gasteiger partial charge in [-0.1, -0.05) is 34.8 Å². The lowest BCUT2D eigenvalue weighted by Gasteiger charge is -2.08. The molecule has 0 spiro atoms. The summed E-state index contributed by atoms with van der Waals surface area (Å²) in [6, 6.07) is 8.53. The van der Waals surface area contributed by atoms with Crippen LogP contribution in [0.3, 0.4) is 0 Å². The molecule has 1 aromatic carbocycles. The molecule has 0 radical (unpaired) electrons. The maximum Gasteiger partial charge on any atom is 0.101 e.